The first kappa shape index (κ1) is 24.9. The Balaban J connectivity index is 1.43. The smallest absolute Gasteiger partial charge is 0.414 e. The normalized spacial score (nSPS) is 18.7. The fraction of sp³-hybridized carbons (Fsp3) is 0.409. The van der Waals surface area contributed by atoms with Gasteiger partial charge in [-0.1, -0.05) is 6.07 Å². The Morgan fingerprint density at radius 3 is 2.54 bits per heavy atom. The second kappa shape index (κ2) is 10.6. The van der Waals surface area contributed by atoms with Crippen molar-refractivity contribution in [3.8, 4) is 0 Å². The molecule has 2 fully saturated rings. The number of hydroxylamine groups is 2. The summed E-state index contributed by atoms with van der Waals surface area (Å²) in [5, 5.41) is 2.92. The van der Waals surface area contributed by atoms with E-state index in [1.54, 1.807) is 17.5 Å². The molecule has 2 aliphatic rings. The number of ether oxygens (including phenoxy) is 1. The zero-order chi connectivity index (χ0) is 25.1. The first-order valence-electron chi connectivity index (χ1n) is 10.8. The van der Waals surface area contributed by atoms with Gasteiger partial charge in [-0.2, -0.15) is 0 Å². The van der Waals surface area contributed by atoms with Crippen LogP contribution in [0, 0.1) is 11.6 Å². The minimum Gasteiger partial charge on any atom is -0.444 e. The summed E-state index contributed by atoms with van der Waals surface area (Å²) in [6.07, 6.45) is -5.45. The number of carbonyl (C=O) groups is 3. The molecule has 0 aliphatic carbocycles. The molecule has 2 saturated heterocycles. The van der Waals surface area contributed by atoms with Crippen LogP contribution in [-0.4, -0.2) is 68.2 Å². The average molecular weight is 515 g/mol. The lowest BCUT2D eigenvalue weighted by Gasteiger charge is -2.24. The predicted octanol–water partition coefficient (Wildman–Crippen LogP) is 3.86. The van der Waals surface area contributed by atoms with Gasteiger partial charge in [0, 0.05) is 31.6 Å². The number of nitrogens with zero attached hydrogens (tertiary/aromatic N) is 3. The molecule has 0 unspecified atom stereocenters. The van der Waals surface area contributed by atoms with Crippen LogP contribution in [0.4, 0.5) is 33.7 Å². The van der Waals surface area contributed by atoms with E-state index in [9.17, 15) is 23.2 Å². The van der Waals surface area contributed by atoms with Gasteiger partial charge in [-0.3, -0.25) is 19.3 Å². The van der Waals surface area contributed by atoms with Gasteiger partial charge in [0.15, 0.2) is 17.4 Å². The minimum absolute atomic E-state index is 0.0230. The second-order valence-corrected chi connectivity index (χ2v) is 8.83. The monoisotopic (exact) mass is 515 g/mol. The maximum Gasteiger partial charge on any atom is 0.414 e. The Morgan fingerprint density at radius 1 is 1.14 bits per heavy atom. The quantitative estimate of drug-likeness (QED) is 0.522. The van der Waals surface area contributed by atoms with Gasteiger partial charge in [-0.15, -0.1) is 11.3 Å². The number of hydrogen-bond donors (Lipinski definition) is 0. The highest BCUT2D eigenvalue weighted by Crippen LogP contribution is 2.32. The summed E-state index contributed by atoms with van der Waals surface area (Å²) in [5.74, 6) is -3.46. The van der Waals surface area contributed by atoms with Crippen molar-refractivity contribution in [3.63, 3.8) is 0 Å². The van der Waals surface area contributed by atoms with Crippen LogP contribution in [0.15, 0.2) is 29.6 Å². The van der Waals surface area contributed by atoms with E-state index < -0.39 is 42.5 Å². The molecule has 0 spiro atoms. The molecule has 35 heavy (non-hydrogen) atoms. The van der Waals surface area contributed by atoms with E-state index in [1.165, 1.54) is 16.2 Å². The zero-order valence-corrected chi connectivity index (χ0v) is 19.1. The van der Waals surface area contributed by atoms with Crippen molar-refractivity contribution in [2.45, 2.75) is 25.4 Å². The van der Waals surface area contributed by atoms with Crippen LogP contribution < -0.4 is 9.80 Å². The van der Waals surface area contributed by atoms with Crippen LogP contribution in [0.3, 0.4) is 0 Å². The molecule has 13 heteroatoms. The summed E-state index contributed by atoms with van der Waals surface area (Å²) in [7, 11) is 0. The largest absolute Gasteiger partial charge is 0.444 e. The molecular weight excluding hydrogens is 494 g/mol. The Morgan fingerprint density at radius 2 is 1.89 bits per heavy atom. The number of rotatable bonds is 7. The standard InChI is InChI=1S/C22H21F4N3O5S/c23-15-10-13(28-12-14(34-22(28)32)3-4-17(30)20(25)26)11-16(24)19(15)27-5-6-29(33-8-7-27)21(31)18-2-1-9-35-18/h1-2,9-11,14,20H,3-8,12H2/t14-/m0/s1. The molecule has 0 N–H and O–H groups in total. The third kappa shape index (κ3) is 5.56. The molecule has 0 bridgehead atoms. The molecule has 2 aliphatic heterocycles. The van der Waals surface area contributed by atoms with Gasteiger partial charge < -0.3 is 9.64 Å². The Bertz CT molecular complexity index is 1080. The number of benzene rings is 1. The van der Waals surface area contributed by atoms with Crippen molar-refractivity contribution in [2.24, 2.45) is 0 Å². The van der Waals surface area contributed by atoms with Gasteiger partial charge in [-0.05, 0) is 17.9 Å². The van der Waals surface area contributed by atoms with Gasteiger partial charge in [0.1, 0.15) is 11.8 Å². The van der Waals surface area contributed by atoms with Crippen molar-refractivity contribution >= 4 is 40.5 Å². The molecule has 1 aromatic heterocycles. The molecule has 2 amide bonds. The second-order valence-electron chi connectivity index (χ2n) is 7.88. The van der Waals surface area contributed by atoms with Crippen LogP contribution in [0.2, 0.25) is 0 Å². The van der Waals surface area contributed by atoms with Crippen molar-refractivity contribution in [2.75, 3.05) is 42.6 Å². The van der Waals surface area contributed by atoms with Gasteiger partial charge in [0.05, 0.1) is 30.3 Å². The highest BCUT2D eigenvalue weighted by atomic mass is 32.1. The minimum atomic E-state index is -3.11. The fourth-order valence-electron chi connectivity index (χ4n) is 3.86. The van der Waals surface area contributed by atoms with Gasteiger partial charge in [-0.25, -0.2) is 27.4 Å². The van der Waals surface area contributed by atoms with Crippen LogP contribution >= 0.6 is 11.3 Å². The lowest BCUT2D eigenvalue weighted by atomic mass is 10.1. The first-order valence-corrected chi connectivity index (χ1v) is 11.6. The zero-order valence-electron chi connectivity index (χ0n) is 18.3. The third-order valence-corrected chi connectivity index (χ3v) is 6.46. The summed E-state index contributed by atoms with van der Waals surface area (Å²) in [6.45, 7) is 0.193. The predicted molar refractivity (Wildman–Crippen MR) is 118 cm³/mol. The lowest BCUT2D eigenvalue weighted by Crippen LogP contribution is -2.34. The van der Waals surface area contributed by atoms with E-state index in [-0.39, 0.29) is 56.5 Å². The Kier molecular flexibility index (Phi) is 7.55. The number of Topliss-reactive ketones (excluding diaryl/α,β-unsaturated/α-hetero) is 1. The van der Waals surface area contributed by atoms with E-state index in [1.807, 2.05) is 0 Å². The highest BCUT2D eigenvalue weighted by Gasteiger charge is 2.34. The number of ketones is 1. The van der Waals surface area contributed by atoms with E-state index in [0.29, 0.717) is 4.88 Å². The summed E-state index contributed by atoms with van der Waals surface area (Å²) in [5.41, 5.74) is -0.425. The van der Waals surface area contributed by atoms with E-state index >= 15 is 8.78 Å². The van der Waals surface area contributed by atoms with E-state index in [2.05, 4.69) is 0 Å². The molecule has 188 valence electrons. The van der Waals surface area contributed by atoms with Gasteiger partial charge in [0.2, 0.25) is 0 Å². The van der Waals surface area contributed by atoms with Crippen LogP contribution in [0.1, 0.15) is 22.5 Å². The topological polar surface area (TPSA) is 79.4 Å². The number of thiophene rings is 1. The van der Waals surface area contributed by atoms with Crippen LogP contribution in [-0.2, 0) is 14.4 Å². The maximum absolute atomic E-state index is 15.0. The number of cyclic esters (lactones) is 1. The van der Waals surface area contributed by atoms with E-state index in [0.717, 1.165) is 22.1 Å². The SMILES string of the molecule is O=C(CC[C@H]1CN(c2cc(F)c(N3CCON(C(=O)c4cccs4)CC3)c(F)c2)C(=O)O1)C(F)F. The summed E-state index contributed by atoms with van der Waals surface area (Å²) >= 11 is 1.26. The number of anilines is 2. The van der Waals surface area contributed by atoms with Crippen molar-refractivity contribution in [1.29, 1.82) is 0 Å². The average Bonchev–Trinajstić information content (AvgIpc) is 3.41. The third-order valence-electron chi connectivity index (χ3n) is 5.60. The lowest BCUT2D eigenvalue weighted by molar-refractivity contribution is -0.129. The van der Waals surface area contributed by atoms with Crippen molar-refractivity contribution in [3.05, 3.63) is 46.2 Å². The summed E-state index contributed by atoms with van der Waals surface area (Å²) in [6, 6.07) is 5.34. The van der Waals surface area contributed by atoms with E-state index in [4.69, 9.17) is 9.57 Å². The summed E-state index contributed by atoms with van der Waals surface area (Å²) in [4.78, 5) is 44.1. The van der Waals surface area contributed by atoms with Crippen LogP contribution in [0.25, 0.3) is 0 Å². The molecule has 1 aromatic carbocycles. The summed E-state index contributed by atoms with van der Waals surface area (Å²) < 4.78 is 59.8. The molecule has 0 radical (unpaired) electrons. The fourth-order valence-corrected chi connectivity index (χ4v) is 4.52. The van der Waals surface area contributed by atoms with Gasteiger partial charge >= 0.3 is 6.09 Å². The van der Waals surface area contributed by atoms with Crippen LogP contribution in [0.5, 0.6) is 0 Å². The molecular formula is C22H21F4N3O5S. The number of amides is 2. The van der Waals surface area contributed by atoms with Gasteiger partial charge in [0.25, 0.3) is 12.3 Å². The molecule has 2 aromatic rings. The molecule has 3 heterocycles. The number of hydrogen-bond acceptors (Lipinski definition) is 7. The highest BCUT2D eigenvalue weighted by molar-refractivity contribution is 7.12. The molecule has 0 saturated carbocycles. The Hall–Kier alpha value is -3.19. The molecule has 8 nitrogen and oxygen atoms in total. The maximum atomic E-state index is 15.0. The molecule has 1 atom stereocenters. The molecule has 4 rings (SSSR count). The first-order chi connectivity index (χ1) is 16.7. The Labute approximate surface area is 201 Å². The van der Waals surface area contributed by atoms with Crippen molar-refractivity contribution in [1.82, 2.24) is 5.06 Å². The number of halogens is 4. The number of carbonyl (C=O) groups excluding carboxylic acids is 3. The number of alkyl halides is 2. The van der Waals surface area contributed by atoms with Crippen molar-refractivity contribution < 1.29 is 41.5 Å².